The molecule has 10 heteroatoms. The third-order valence-electron chi connectivity index (χ3n) is 4.89. The predicted octanol–water partition coefficient (Wildman–Crippen LogP) is 2.47. The first-order valence-electron chi connectivity index (χ1n) is 9.80. The van der Waals surface area contributed by atoms with Gasteiger partial charge < -0.3 is 15.4 Å². The Bertz CT molecular complexity index is 982. The van der Waals surface area contributed by atoms with Gasteiger partial charge in [-0.15, -0.1) is 24.0 Å². The Kier molecular flexibility index (Phi) is 10.1. The summed E-state index contributed by atoms with van der Waals surface area (Å²) in [5, 5.41) is 6.24. The molecule has 0 spiro atoms. The Hall–Kier alpha value is -1.76. The minimum atomic E-state index is -3.42. The number of guanidine groups is 1. The van der Waals surface area contributed by atoms with Crippen molar-refractivity contribution in [1.82, 2.24) is 14.9 Å². The summed E-state index contributed by atoms with van der Waals surface area (Å²) in [5.74, 6) is 0.162. The fourth-order valence-electron chi connectivity index (χ4n) is 3.20. The standard InChI is InChI=1S/C21H27FN4O3S.HI/c1-23-21(25-15-18-7-4-5-9-20(18)22)24-14-17-6-2-3-8-19(17)16-30(27,28)26-10-12-29-13-11-26;/h2-9H,10-16H2,1H3,(H2,23,24,25);1H. The third-order valence-corrected chi connectivity index (χ3v) is 6.72. The molecular weight excluding hydrogens is 534 g/mol. The van der Waals surface area contributed by atoms with Gasteiger partial charge in [0.15, 0.2) is 5.96 Å². The second kappa shape index (κ2) is 12.3. The van der Waals surface area contributed by atoms with Crippen molar-refractivity contribution in [2.45, 2.75) is 18.8 Å². The molecule has 0 unspecified atom stereocenters. The van der Waals surface area contributed by atoms with E-state index in [0.29, 0.717) is 50.9 Å². The van der Waals surface area contributed by atoms with Crippen LogP contribution < -0.4 is 10.6 Å². The van der Waals surface area contributed by atoms with Gasteiger partial charge in [-0.2, -0.15) is 4.31 Å². The molecule has 0 amide bonds. The SMILES string of the molecule is CN=C(NCc1ccccc1F)NCc1ccccc1CS(=O)(=O)N1CCOCC1.I. The number of morpholine rings is 1. The lowest BCUT2D eigenvalue weighted by Crippen LogP contribution is -2.41. The predicted molar refractivity (Wildman–Crippen MR) is 130 cm³/mol. The molecule has 2 N–H and O–H groups in total. The van der Waals surface area contributed by atoms with Crippen LogP contribution >= 0.6 is 24.0 Å². The number of hydrogen-bond acceptors (Lipinski definition) is 4. The summed E-state index contributed by atoms with van der Waals surface area (Å²) >= 11 is 0. The van der Waals surface area contributed by atoms with Crippen molar-refractivity contribution in [2.75, 3.05) is 33.4 Å². The number of sulfonamides is 1. The van der Waals surface area contributed by atoms with Crippen LogP contribution in [-0.4, -0.2) is 52.0 Å². The second-order valence-electron chi connectivity index (χ2n) is 6.91. The summed E-state index contributed by atoms with van der Waals surface area (Å²) in [6.07, 6.45) is 0. The summed E-state index contributed by atoms with van der Waals surface area (Å²) in [5.41, 5.74) is 2.14. The zero-order valence-corrected chi connectivity index (χ0v) is 20.5. The molecule has 31 heavy (non-hydrogen) atoms. The van der Waals surface area contributed by atoms with Gasteiger partial charge in [-0.1, -0.05) is 42.5 Å². The van der Waals surface area contributed by atoms with Gasteiger partial charge in [0, 0.05) is 38.8 Å². The smallest absolute Gasteiger partial charge is 0.218 e. The van der Waals surface area contributed by atoms with E-state index in [1.807, 2.05) is 24.3 Å². The van der Waals surface area contributed by atoms with Gasteiger partial charge in [-0.3, -0.25) is 4.99 Å². The lowest BCUT2D eigenvalue weighted by molar-refractivity contribution is 0.0729. The number of hydrogen-bond donors (Lipinski definition) is 2. The highest BCUT2D eigenvalue weighted by Crippen LogP contribution is 2.16. The van der Waals surface area contributed by atoms with E-state index in [9.17, 15) is 12.8 Å². The van der Waals surface area contributed by atoms with Gasteiger partial charge in [0.1, 0.15) is 5.82 Å². The fourth-order valence-corrected chi connectivity index (χ4v) is 4.77. The van der Waals surface area contributed by atoms with Crippen molar-refractivity contribution in [3.8, 4) is 0 Å². The Morgan fingerprint density at radius 2 is 1.55 bits per heavy atom. The molecule has 7 nitrogen and oxygen atoms in total. The van der Waals surface area contributed by atoms with Gasteiger partial charge in [0.25, 0.3) is 0 Å². The Morgan fingerprint density at radius 1 is 1.00 bits per heavy atom. The summed E-state index contributed by atoms with van der Waals surface area (Å²) in [6.45, 7) is 2.30. The maximum absolute atomic E-state index is 13.8. The zero-order valence-electron chi connectivity index (χ0n) is 17.4. The molecule has 1 aliphatic heterocycles. The van der Waals surface area contributed by atoms with Crippen molar-refractivity contribution in [3.05, 3.63) is 71.0 Å². The van der Waals surface area contributed by atoms with Crippen LogP contribution in [0.2, 0.25) is 0 Å². The monoisotopic (exact) mass is 562 g/mol. The van der Waals surface area contributed by atoms with E-state index >= 15 is 0 Å². The largest absolute Gasteiger partial charge is 0.379 e. The van der Waals surface area contributed by atoms with E-state index in [4.69, 9.17) is 4.74 Å². The van der Waals surface area contributed by atoms with E-state index in [0.717, 1.165) is 11.1 Å². The van der Waals surface area contributed by atoms with Gasteiger partial charge >= 0.3 is 0 Å². The maximum Gasteiger partial charge on any atom is 0.218 e. The third kappa shape index (κ3) is 7.41. The minimum Gasteiger partial charge on any atom is -0.379 e. The normalized spacial score (nSPS) is 15.2. The molecule has 0 bridgehead atoms. The molecule has 0 aliphatic carbocycles. The highest BCUT2D eigenvalue weighted by atomic mass is 127. The van der Waals surface area contributed by atoms with Crippen LogP contribution in [0, 0.1) is 5.82 Å². The quantitative estimate of drug-likeness (QED) is 0.308. The summed E-state index contributed by atoms with van der Waals surface area (Å²) < 4.78 is 46.1. The molecule has 0 saturated carbocycles. The number of halogens is 2. The van der Waals surface area contributed by atoms with Crippen LogP contribution in [0.25, 0.3) is 0 Å². The molecular formula is C21H28FIN4O3S. The van der Waals surface area contributed by atoms with E-state index < -0.39 is 10.0 Å². The number of rotatable bonds is 7. The number of nitrogens with one attached hydrogen (secondary N) is 2. The van der Waals surface area contributed by atoms with Crippen molar-refractivity contribution < 1.29 is 17.5 Å². The van der Waals surface area contributed by atoms with Crippen molar-refractivity contribution >= 4 is 40.0 Å². The van der Waals surface area contributed by atoms with E-state index in [2.05, 4.69) is 15.6 Å². The molecule has 1 saturated heterocycles. The zero-order chi connectivity index (χ0) is 21.4. The van der Waals surface area contributed by atoms with Crippen molar-refractivity contribution in [2.24, 2.45) is 4.99 Å². The van der Waals surface area contributed by atoms with Crippen LogP contribution in [-0.2, 0) is 33.6 Å². The molecule has 170 valence electrons. The van der Waals surface area contributed by atoms with Crippen molar-refractivity contribution in [1.29, 1.82) is 0 Å². The van der Waals surface area contributed by atoms with E-state index in [1.54, 1.807) is 25.2 Å². The molecule has 3 rings (SSSR count). The van der Waals surface area contributed by atoms with Gasteiger partial charge in [0.2, 0.25) is 10.0 Å². The molecule has 0 radical (unpaired) electrons. The lowest BCUT2D eigenvalue weighted by atomic mass is 10.1. The van der Waals surface area contributed by atoms with Gasteiger partial charge in [0.05, 0.1) is 19.0 Å². The average molecular weight is 562 g/mol. The lowest BCUT2D eigenvalue weighted by Gasteiger charge is -2.26. The molecule has 1 heterocycles. The van der Waals surface area contributed by atoms with Crippen LogP contribution in [0.4, 0.5) is 4.39 Å². The van der Waals surface area contributed by atoms with Crippen LogP contribution in [0.3, 0.4) is 0 Å². The molecule has 0 aromatic heterocycles. The maximum atomic E-state index is 13.8. The first-order chi connectivity index (χ1) is 14.5. The van der Waals surface area contributed by atoms with Crippen LogP contribution in [0.15, 0.2) is 53.5 Å². The van der Waals surface area contributed by atoms with Gasteiger partial charge in [-0.05, 0) is 17.2 Å². The number of benzene rings is 2. The first kappa shape index (κ1) is 25.5. The Balaban J connectivity index is 0.00000341. The number of aliphatic imine (C=N–C) groups is 1. The van der Waals surface area contributed by atoms with Gasteiger partial charge in [-0.25, -0.2) is 12.8 Å². The van der Waals surface area contributed by atoms with Crippen LogP contribution in [0.1, 0.15) is 16.7 Å². The number of ether oxygens (including phenoxy) is 1. The van der Waals surface area contributed by atoms with Crippen LogP contribution in [0.5, 0.6) is 0 Å². The summed E-state index contributed by atoms with van der Waals surface area (Å²) in [7, 11) is -1.79. The minimum absolute atomic E-state index is 0. The second-order valence-corrected chi connectivity index (χ2v) is 8.88. The highest BCUT2D eigenvalue weighted by Gasteiger charge is 2.25. The Labute approximate surface area is 200 Å². The number of nitrogens with zero attached hydrogens (tertiary/aromatic N) is 2. The molecule has 2 aromatic rings. The highest BCUT2D eigenvalue weighted by molar-refractivity contribution is 14.0. The van der Waals surface area contributed by atoms with Crippen molar-refractivity contribution in [3.63, 3.8) is 0 Å². The van der Waals surface area contributed by atoms with E-state index in [1.165, 1.54) is 10.4 Å². The summed E-state index contributed by atoms with van der Waals surface area (Å²) in [6, 6.07) is 14.0. The molecule has 1 fully saturated rings. The molecule has 2 aromatic carbocycles. The average Bonchev–Trinajstić information content (AvgIpc) is 2.76. The molecule has 0 atom stereocenters. The first-order valence-corrected chi connectivity index (χ1v) is 11.4. The Morgan fingerprint density at radius 3 is 2.16 bits per heavy atom. The fraction of sp³-hybridized carbons (Fsp3) is 0.381. The summed E-state index contributed by atoms with van der Waals surface area (Å²) in [4.78, 5) is 4.16. The topological polar surface area (TPSA) is 83.0 Å². The molecule has 1 aliphatic rings. The van der Waals surface area contributed by atoms with E-state index in [-0.39, 0.29) is 35.5 Å².